The van der Waals surface area contributed by atoms with Crippen molar-refractivity contribution in [3.8, 4) is 0 Å². The van der Waals surface area contributed by atoms with Crippen LogP contribution in [0.1, 0.15) is 11.9 Å². The summed E-state index contributed by atoms with van der Waals surface area (Å²) in [6.07, 6.45) is -1.54. The predicted molar refractivity (Wildman–Crippen MR) is 43.6 cm³/mol. The highest BCUT2D eigenvalue weighted by atomic mass is 35.5. The van der Waals surface area contributed by atoms with Crippen molar-refractivity contribution in [1.82, 2.24) is 0 Å². The first kappa shape index (κ1) is 8.81. The summed E-state index contributed by atoms with van der Waals surface area (Å²) in [4.78, 5) is 0. The van der Waals surface area contributed by atoms with Crippen molar-refractivity contribution in [1.29, 1.82) is 0 Å². The summed E-state index contributed by atoms with van der Waals surface area (Å²) >= 11 is 11.2. The summed E-state index contributed by atoms with van der Waals surface area (Å²) in [6.45, 7) is 0. The van der Waals surface area contributed by atoms with Gasteiger partial charge in [0, 0.05) is 10.6 Å². The van der Waals surface area contributed by atoms with E-state index in [1.165, 1.54) is 12.1 Å². The van der Waals surface area contributed by atoms with Gasteiger partial charge in [0.05, 0.1) is 5.02 Å². The Morgan fingerprint density at radius 1 is 1.18 bits per heavy atom. The highest BCUT2D eigenvalue weighted by Crippen LogP contribution is 2.24. The monoisotopic (exact) mass is 192 g/mol. The van der Waals surface area contributed by atoms with Crippen LogP contribution in [-0.4, -0.2) is 10.2 Å². The lowest BCUT2D eigenvalue weighted by atomic mass is 10.2. The molecule has 0 saturated heterocycles. The molecule has 0 amide bonds. The van der Waals surface area contributed by atoms with E-state index < -0.39 is 6.29 Å². The van der Waals surface area contributed by atoms with Crippen LogP contribution in [0.25, 0.3) is 0 Å². The quantitative estimate of drug-likeness (QED) is 0.669. The maximum atomic E-state index is 8.72. The van der Waals surface area contributed by atoms with Crippen LogP contribution in [0.15, 0.2) is 18.2 Å². The van der Waals surface area contributed by atoms with Crippen molar-refractivity contribution in [2.75, 3.05) is 0 Å². The van der Waals surface area contributed by atoms with E-state index >= 15 is 0 Å². The van der Waals surface area contributed by atoms with Gasteiger partial charge in [-0.05, 0) is 12.1 Å². The number of halogens is 2. The zero-order valence-electron chi connectivity index (χ0n) is 5.46. The number of aliphatic hydroxyl groups excluding tert-OH is 1. The second kappa shape index (κ2) is 3.41. The molecule has 0 fully saturated rings. The van der Waals surface area contributed by atoms with E-state index in [0.29, 0.717) is 5.02 Å². The Hall–Kier alpha value is -0.280. The van der Waals surface area contributed by atoms with Gasteiger partial charge in [0.1, 0.15) is 0 Å². The predicted octanol–water partition coefficient (Wildman–Crippen LogP) is 1.98. The van der Waals surface area contributed by atoms with Gasteiger partial charge in [-0.2, -0.15) is 0 Å². The molecule has 0 bridgehead atoms. The summed E-state index contributed by atoms with van der Waals surface area (Å²) in [5.74, 6) is 0. The maximum absolute atomic E-state index is 8.72. The molecule has 0 aliphatic rings. The lowest BCUT2D eigenvalue weighted by molar-refractivity contribution is -0.0423. The molecule has 0 radical (unpaired) electrons. The van der Waals surface area contributed by atoms with Crippen LogP contribution >= 0.6 is 23.2 Å². The molecule has 0 heterocycles. The number of hydrogen-bond donors (Lipinski definition) is 2. The van der Waals surface area contributed by atoms with Gasteiger partial charge in [-0.3, -0.25) is 0 Å². The molecular weight excluding hydrogens is 187 g/mol. The summed E-state index contributed by atoms with van der Waals surface area (Å²) < 4.78 is 0. The number of hydrogen-bond acceptors (Lipinski definition) is 2. The fraction of sp³-hybridized carbons (Fsp3) is 0.143. The van der Waals surface area contributed by atoms with Crippen LogP contribution in [0.4, 0.5) is 0 Å². The Morgan fingerprint density at radius 2 is 1.82 bits per heavy atom. The van der Waals surface area contributed by atoms with E-state index in [1.807, 2.05) is 0 Å². The lowest BCUT2D eigenvalue weighted by Crippen LogP contribution is -1.94. The van der Waals surface area contributed by atoms with Gasteiger partial charge in [-0.15, -0.1) is 0 Å². The minimum absolute atomic E-state index is 0.257. The van der Waals surface area contributed by atoms with Crippen LogP contribution < -0.4 is 0 Å². The molecule has 0 atom stereocenters. The van der Waals surface area contributed by atoms with Crippen LogP contribution in [0.2, 0.25) is 10.0 Å². The Kier molecular flexibility index (Phi) is 2.73. The van der Waals surface area contributed by atoms with Crippen molar-refractivity contribution in [3.05, 3.63) is 33.8 Å². The molecular formula is C7H6Cl2O2. The number of benzene rings is 1. The first-order chi connectivity index (χ1) is 5.11. The third-order valence-corrected chi connectivity index (χ3v) is 1.80. The van der Waals surface area contributed by atoms with Crippen molar-refractivity contribution in [3.63, 3.8) is 0 Å². The van der Waals surface area contributed by atoms with Crippen molar-refractivity contribution >= 4 is 23.2 Å². The third kappa shape index (κ3) is 2.07. The molecule has 0 unspecified atom stereocenters. The summed E-state index contributed by atoms with van der Waals surface area (Å²) in [7, 11) is 0. The standard InChI is InChI=1S/C7H6Cl2O2/c8-4-1-2-5(7(10)11)6(9)3-4/h1-3,7,10-11H. The molecule has 0 saturated carbocycles. The largest absolute Gasteiger partial charge is 0.364 e. The lowest BCUT2D eigenvalue weighted by Gasteiger charge is -2.05. The average molecular weight is 193 g/mol. The fourth-order valence-corrected chi connectivity index (χ4v) is 1.22. The Bertz CT molecular complexity index is 261. The minimum atomic E-state index is -1.54. The van der Waals surface area contributed by atoms with Gasteiger partial charge in [0.25, 0.3) is 0 Å². The Labute approximate surface area is 74.0 Å². The molecule has 0 aliphatic heterocycles. The van der Waals surface area contributed by atoms with Gasteiger partial charge in [-0.25, -0.2) is 0 Å². The van der Waals surface area contributed by atoms with Crippen molar-refractivity contribution < 1.29 is 10.2 Å². The highest BCUT2D eigenvalue weighted by molar-refractivity contribution is 6.35. The number of rotatable bonds is 1. The Balaban J connectivity index is 3.09. The van der Waals surface area contributed by atoms with Gasteiger partial charge < -0.3 is 10.2 Å². The summed E-state index contributed by atoms with van der Waals surface area (Å²) in [5, 5.41) is 18.2. The van der Waals surface area contributed by atoms with Crippen molar-refractivity contribution in [2.24, 2.45) is 0 Å². The molecule has 11 heavy (non-hydrogen) atoms. The van der Waals surface area contributed by atoms with E-state index in [4.69, 9.17) is 33.4 Å². The average Bonchev–Trinajstić information content (AvgIpc) is 1.85. The topological polar surface area (TPSA) is 40.5 Å². The molecule has 1 rings (SSSR count). The van der Waals surface area contributed by atoms with E-state index in [2.05, 4.69) is 0 Å². The zero-order valence-corrected chi connectivity index (χ0v) is 6.97. The highest BCUT2D eigenvalue weighted by Gasteiger charge is 2.06. The molecule has 0 aromatic heterocycles. The van der Waals surface area contributed by atoms with Crippen LogP contribution in [-0.2, 0) is 0 Å². The van der Waals surface area contributed by atoms with Crippen molar-refractivity contribution in [2.45, 2.75) is 6.29 Å². The summed E-state index contributed by atoms with van der Waals surface area (Å²) in [5.41, 5.74) is 0.260. The SMILES string of the molecule is OC(O)c1ccc(Cl)cc1Cl. The Morgan fingerprint density at radius 3 is 2.27 bits per heavy atom. The second-order valence-electron chi connectivity index (χ2n) is 2.04. The fourth-order valence-electron chi connectivity index (χ4n) is 0.711. The van der Waals surface area contributed by atoms with Gasteiger partial charge in [-0.1, -0.05) is 29.3 Å². The van der Waals surface area contributed by atoms with Gasteiger partial charge >= 0.3 is 0 Å². The molecule has 1 aromatic rings. The second-order valence-corrected chi connectivity index (χ2v) is 2.88. The van der Waals surface area contributed by atoms with Crippen LogP contribution in [0, 0.1) is 0 Å². The van der Waals surface area contributed by atoms with E-state index in [9.17, 15) is 0 Å². The normalized spacial score (nSPS) is 10.6. The van der Waals surface area contributed by atoms with E-state index in [1.54, 1.807) is 6.07 Å². The van der Waals surface area contributed by atoms with Gasteiger partial charge in [0.15, 0.2) is 6.29 Å². The first-order valence-electron chi connectivity index (χ1n) is 2.92. The molecule has 60 valence electrons. The van der Waals surface area contributed by atoms with Gasteiger partial charge in [0.2, 0.25) is 0 Å². The summed E-state index contributed by atoms with van der Waals surface area (Å²) in [6, 6.07) is 4.47. The smallest absolute Gasteiger partial charge is 0.179 e. The molecule has 4 heteroatoms. The molecule has 2 nitrogen and oxygen atoms in total. The zero-order chi connectivity index (χ0) is 8.43. The third-order valence-electron chi connectivity index (χ3n) is 1.24. The maximum Gasteiger partial charge on any atom is 0.179 e. The first-order valence-corrected chi connectivity index (χ1v) is 3.68. The molecule has 2 N–H and O–H groups in total. The molecule has 0 spiro atoms. The van der Waals surface area contributed by atoms with Crippen LogP contribution in [0.5, 0.6) is 0 Å². The van der Waals surface area contributed by atoms with Crippen LogP contribution in [0.3, 0.4) is 0 Å². The number of aliphatic hydroxyl groups is 2. The van der Waals surface area contributed by atoms with E-state index in [0.717, 1.165) is 0 Å². The van der Waals surface area contributed by atoms with E-state index in [-0.39, 0.29) is 10.6 Å². The minimum Gasteiger partial charge on any atom is -0.364 e. The molecule has 0 aliphatic carbocycles. The molecule has 1 aromatic carbocycles.